The Bertz CT molecular complexity index is 1010. The number of carbonyl (C=O) groups is 2. The number of nitro benzene ring substituents is 1. The highest BCUT2D eigenvalue weighted by Gasteiger charge is 2.45. The number of likely N-dealkylation sites (tertiary alicyclic amines) is 1. The molecule has 1 fully saturated rings. The third-order valence-corrected chi connectivity index (χ3v) is 4.93. The van der Waals surface area contributed by atoms with Crippen molar-refractivity contribution in [2.45, 2.75) is 13.0 Å². The zero-order chi connectivity index (χ0) is 22.5. The minimum atomic E-state index is -0.900. The first-order valence-corrected chi connectivity index (χ1v) is 9.64. The van der Waals surface area contributed by atoms with Crippen molar-refractivity contribution in [1.29, 1.82) is 0 Å². The number of nitro groups is 1. The molecule has 31 heavy (non-hydrogen) atoms. The van der Waals surface area contributed by atoms with Crippen molar-refractivity contribution in [2.75, 3.05) is 26.9 Å². The summed E-state index contributed by atoms with van der Waals surface area (Å²) in [5.41, 5.74) is 0.608. The third kappa shape index (κ3) is 4.41. The number of Topliss-reactive ketones (excluding diaryl/α,β-unsaturated/α-hetero) is 1. The molecule has 0 aromatic heterocycles. The molecule has 3 rings (SSSR count). The van der Waals surface area contributed by atoms with Gasteiger partial charge in [-0.2, -0.15) is 0 Å². The molecule has 2 aromatic rings. The van der Waals surface area contributed by atoms with Gasteiger partial charge in [0.15, 0.2) is 0 Å². The third-order valence-electron chi connectivity index (χ3n) is 4.93. The predicted molar refractivity (Wildman–Crippen MR) is 112 cm³/mol. The molecular weight excluding hydrogens is 404 g/mol. The molecule has 0 unspecified atom stereocenters. The summed E-state index contributed by atoms with van der Waals surface area (Å²) >= 11 is 0. The zero-order valence-corrected chi connectivity index (χ0v) is 17.1. The van der Waals surface area contributed by atoms with Crippen LogP contribution in [0.15, 0.2) is 54.1 Å². The lowest BCUT2D eigenvalue weighted by Crippen LogP contribution is -2.32. The number of methoxy groups -OCH3 is 1. The maximum absolute atomic E-state index is 12.8. The number of amides is 1. The predicted octanol–water partition coefficient (Wildman–Crippen LogP) is 3.06. The minimum Gasteiger partial charge on any atom is -0.507 e. The van der Waals surface area contributed by atoms with E-state index in [9.17, 15) is 24.8 Å². The summed E-state index contributed by atoms with van der Waals surface area (Å²) in [5.74, 6) is -1.32. The van der Waals surface area contributed by atoms with Gasteiger partial charge in [0.25, 0.3) is 17.4 Å². The molecule has 1 saturated heterocycles. The number of hydrogen-bond donors (Lipinski definition) is 1. The van der Waals surface area contributed by atoms with E-state index in [1.54, 1.807) is 24.3 Å². The molecule has 1 N–H and O–H groups in total. The number of aliphatic hydroxyl groups is 1. The van der Waals surface area contributed by atoms with Crippen LogP contribution in [-0.2, 0) is 14.3 Å². The van der Waals surface area contributed by atoms with E-state index in [0.717, 1.165) is 0 Å². The number of carbonyl (C=O) groups excluding carboxylic acids is 2. The number of ether oxygens (including phenoxy) is 2. The molecular formula is C22H22N2O7. The average molecular weight is 426 g/mol. The quantitative estimate of drug-likeness (QED) is 0.226. The maximum atomic E-state index is 12.8. The second-order valence-electron chi connectivity index (χ2n) is 6.79. The number of hydrogen-bond acceptors (Lipinski definition) is 7. The monoisotopic (exact) mass is 426 g/mol. The Labute approximate surface area is 178 Å². The molecule has 9 heteroatoms. The fraction of sp³-hybridized carbons (Fsp3) is 0.273. The molecule has 1 atom stereocenters. The van der Waals surface area contributed by atoms with Crippen LogP contribution in [-0.4, -0.2) is 53.5 Å². The van der Waals surface area contributed by atoms with E-state index in [4.69, 9.17) is 9.47 Å². The van der Waals surface area contributed by atoms with Crippen LogP contribution in [0.3, 0.4) is 0 Å². The highest BCUT2D eigenvalue weighted by Crippen LogP contribution is 2.39. The SMILES string of the molecule is CCOc1ccc(/C(O)=C2\C(=O)C(=O)N(CCOC)[C@H]2c2ccc([N+](=O)[O-])cc2)cc1. The van der Waals surface area contributed by atoms with Crippen LogP contribution < -0.4 is 4.74 Å². The molecule has 0 bridgehead atoms. The Morgan fingerprint density at radius 2 is 1.77 bits per heavy atom. The second-order valence-corrected chi connectivity index (χ2v) is 6.79. The van der Waals surface area contributed by atoms with Crippen LogP contribution in [0, 0.1) is 10.1 Å². The van der Waals surface area contributed by atoms with Gasteiger partial charge in [0, 0.05) is 31.4 Å². The Balaban J connectivity index is 2.09. The van der Waals surface area contributed by atoms with Gasteiger partial charge in [-0.05, 0) is 48.9 Å². The van der Waals surface area contributed by atoms with Gasteiger partial charge in [-0.25, -0.2) is 0 Å². The first kappa shape index (κ1) is 22.0. The number of aliphatic hydroxyl groups excluding tert-OH is 1. The van der Waals surface area contributed by atoms with Crippen LogP contribution in [0.2, 0.25) is 0 Å². The van der Waals surface area contributed by atoms with Crippen molar-refractivity contribution < 1.29 is 29.1 Å². The lowest BCUT2D eigenvalue weighted by molar-refractivity contribution is -0.384. The molecule has 1 aliphatic heterocycles. The number of non-ortho nitro benzene ring substituents is 1. The van der Waals surface area contributed by atoms with Crippen molar-refractivity contribution in [3.05, 3.63) is 75.3 Å². The second kappa shape index (κ2) is 9.40. The zero-order valence-electron chi connectivity index (χ0n) is 17.1. The van der Waals surface area contributed by atoms with E-state index in [1.165, 1.54) is 36.3 Å². The van der Waals surface area contributed by atoms with Crippen LogP contribution in [0.5, 0.6) is 5.75 Å². The van der Waals surface area contributed by atoms with Gasteiger partial charge in [0.05, 0.1) is 29.8 Å². The fourth-order valence-electron chi connectivity index (χ4n) is 3.46. The first-order chi connectivity index (χ1) is 14.9. The normalized spacial score (nSPS) is 17.7. The molecule has 0 spiro atoms. The van der Waals surface area contributed by atoms with Crippen LogP contribution >= 0.6 is 0 Å². The van der Waals surface area contributed by atoms with E-state index in [1.807, 2.05) is 6.92 Å². The van der Waals surface area contributed by atoms with Crippen LogP contribution in [0.4, 0.5) is 5.69 Å². The summed E-state index contributed by atoms with van der Waals surface area (Å²) in [4.78, 5) is 37.3. The smallest absolute Gasteiger partial charge is 0.295 e. The molecule has 1 aliphatic rings. The van der Waals surface area contributed by atoms with Crippen molar-refractivity contribution in [3.63, 3.8) is 0 Å². The molecule has 1 heterocycles. The average Bonchev–Trinajstić information content (AvgIpc) is 3.02. The lowest BCUT2D eigenvalue weighted by atomic mass is 9.95. The van der Waals surface area contributed by atoms with Crippen molar-refractivity contribution in [3.8, 4) is 5.75 Å². The summed E-state index contributed by atoms with van der Waals surface area (Å²) in [6.45, 7) is 2.62. The largest absolute Gasteiger partial charge is 0.507 e. The molecule has 0 radical (unpaired) electrons. The summed E-state index contributed by atoms with van der Waals surface area (Å²) < 4.78 is 10.4. The molecule has 162 valence electrons. The highest BCUT2D eigenvalue weighted by molar-refractivity contribution is 6.46. The van der Waals surface area contributed by atoms with Crippen LogP contribution in [0.25, 0.3) is 5.76 Å². The lowest BCUT2D eigenvalue weighted by Gasteiger charge is -2.25. The Morgan fingerprint density at radius 1 is 1.13 bits per heavy atom. The Kier molecular flexibility index (Phi) is 6.66. The van der Waals surface area contributed by atoms with Gasteiger partial charge < -0.3 is 19.5 Å². The highest BCUT2D eigenvalue weighted by atomic mass is 16.6. The topological polar surface area (TPSA) is 119 Å². The van der Waals surface area contributed by atoms with Crippen molar-refractivity contribution in [1.82, 2.24) is 4.90 Å². The number of ketones is 1. The van der Waals surface area contributed by atoms with E-state index in [2.05, 4.69) is 0 Å². The molecule has 9 nitrogen and oxygen atoms in total. The summed E-state index contributed by atoms with van der Waals surface area (Å²) in [5, 5.41) is 21.9. The molecule has 0 saturated carbocycles. The summed E-state index contributed by atoms with van der Waals surface area (Å²) in [7, 11) is 1.47. The van der Waals surface area contributed by atoms with Gasteiger partial charge in [-0.3, -0.25) is 19.7 Å². The fourth-order valence-corrected chi connectivity index (χ4v) is 3.46. The van der Waals surface area contributed by atoms with Gasteiger partial charge in [0.1, 0.15) is 11.5 Å². The minimum absolute atomic E-state index is 0.0842. The van der Waals surface area contributed by atoms with Gasteiger partial charge in [-0.1, -0.05) is 0 Å². The molecule has 1 amide bonds. The number of nitrogens with zero attached hydrogens (tertiary/aromatic N) is 2. The first-order valence-electron chi connectivity index (χ1n) is 9.64. The number of benzene rings is 2. The summed E-state index contributed by atoms with van der Waals surface area (Å²) in [6.07, 6.45) is 0. The Morgan fingerprint density at radius 3 is 2.32 bits per heavy atom. The van der Waals surface area contributed by atoms with Crippen molar-refractivity contribution >= 4 is 23.1 Å². The van der Waals surface area contributed by atoms with E-state index in [0.29, 0.717) is 23.5 Å². The van der Waals surface area contributed by atoms with E-state index < -0.39 is 22.7 Å². The van der Waals surface area contributed by atoms with Gasteiger partial charge in [-0.15, -0.1) is 0 Å². The standard InChI is InChI=1S/C22H22N2O7/c1-3-31-17-10-6-15(7-11-17)20(25)18-19(14-4-8-16(9-5-14)24(28)29)23(12-13-30-2)22(27)21(18)26/h4-11,19,25H,3,12-13H2,1-2H3/b20-18+/t19-/m0/s1. The van der Waals surface area contributed by atoms with Gasteiger partial charge >= 0.3 is 0 Å². The van der Waals surface area contributed by atoms with Crippen LogP contribution in [0.1, 0.15) is 24.1 Å². The van der Waals surface area contributed by atoms with Gasteiger partial charge in [0.2, 0.25) is 0 Å². The molecule has 2 aromatic carbocycles. The summed E-state index contributed by atoms with van der Waals surface area (Å²) in [6, 6.07) is 11.1. The Hall–Kier alpha value is -3.72. The number of rotatable bonds is 8. The molecule has 0 aliphatic carbocycles. The maximum Gasteiger partial charge on any atom is 0.295 e. The van der Waals surface area contributed by atoms with E-state index in [-0.39, 0.29) is 30.2 Å². The van der Waals surface area contributed by atoms with Crippen molar-refractivity contribution in [2.24, 2.45) is 0 Å². The van der Waals surface area contributed by atoms with E-state index >= 15 is 0 Å².